The molecule has 3 aromatic rings. The van der Waals surface area contributed by atoms with E-state index in [1.54, 1.807) is 6.33 Å². The van der Waals surface area contributed by atoms with Gasteiger partial charge < -0.3 is 0 Å². The summed E-state index contributed by atoms with van der Waals surface area (Å²) in [7, 11) is 0. The number of nitrogens with zero attached hydrogens (tertiary/aromatic N) is 4. The Labute approximate surface area is 128 Å². The highest BCUT2D eigenvalue weighted by Gasteiger charge is 2.16. The molecule has 108 valence electrons. The number of hydrogen-bond donors (Lipinski definition) is 0. The average molecular weight is 301 g/mol. The van der Waals surface area contributed by atoms with Crippen LogP contribution in [-0.2, 0) is 6.42 Å². The quantitative estimate of drug-likeness (QED) is 0.691. The molecule has 3 rings (SSSR count). The maximum atomic E-state index is 6.39. The molecule has 0 N–H and O–H groups in total. The Morgan fingerprint density at radius 3 is 2.62 bits per heavy atom. The van der Waals surface area contributed by atoms with Gasteiger partial charge in [-0.1, -0.05) is 32.0 Å². The van der Waals surface area contributed by atoms with E-state index in [1.807, 2.05) is 41.2 Å². The Kier molecular flexibility index (Phi) is 3.88. The predicted molar refractivity (Wildman–Crippen MR) is 84.8 cm³/mol. The molecule has 2 aromatic heterocycles. The SMILES string of the molecule is CC(C)C(Cl)Cc1ncnc2c1cnn2-c1ccccc1. The van der Waals surface area contributed by atoms with Crippen LogP contribution >= 0.6 is 11.6 Å². The van der Waals surface area contributed by atoms with Crippen LogP contribution in [0.4, 0.5) is 0 Å². The fourth-order valence-corrected chi connectivity index (χ4v) is 2.38. The highest BCUT2D eigenvalue weighted by molar-refractivity contribution is 6.20. The lowest BCUT2D eigenvalue weighted by Crippen LogP contribution is -2.12. The van der Waals surface area contributed by atoms with Gasteiger partial charge in [-0.2, -0.15) is 5.10 Å². The van der Waals surface area contributed by atoms with Gasteiger partial charge in [0.2, 0.25) is 0 Å². The van der Waals surface area contributed by atoms with Crippen molar-refractivity contribution in [2.75, 3.05) is 0 Å². The Bertz CT molecular complexity index is 736. The molecule has 0 saturated heterocycles. The van der Waals surface area contributed by atoms with Crippen LogP contribution in [0.25, 0.3) is 16.7 Å². The fourth-order valence-electron chi connectivity index (χ4n) is 2.23. The second-order valence-electron chi connectivity index (χ2n) is 5.41. The molecular weight excluding hydrogens is 284 g/mol. The highest BCUT2D eigenvalue weighted by atomic mass is 35.5. The maximum Gasteiger partial charge on any atom is 0.166 e. The average Bonchev–Trinajstić information content (AvgIpc) is 2.93. The van der Waals surface area contributed by atoms with Gasteiger partial charge in [0.15, 0.2) is 5.65 Å². The van der Waals surface area contributed by atoms with E-state index >= 15 is 0 Å². The number of benzene rings is 1. The Hall–Kier alpha value is -1.94. The van der Waals surface area contributed by atoms with Gasteiger partial charge in [0.05, 0.1) is 23.0 Å². The van der Waals surface area contributed by atoms with Crippen molar-refractivity contribution in [3.8, 4) is 5.69 Å². The van der Waals surface area contributed by atoms with E-state index in [0.717, 1.165) is 28.8 Å². The van der Waals surface area contributed by atoms with Gasteiger partial charge in [0.1, 0.15) is 6.33 Å². The number of hydrogen-bond acceptors (Lipinski definition) is 3. The molecule has 5 heteroatoms. The topological polar surface area (TPSA) is 43.6 Å². The lowest BCUT2D eigenvalue weighted by Gasteiger charge is -2.12. The van der Waals surface area contributed by atoms with Crippen LogP contribution in [0.5, 0.6) is 0 Å². The van der Waals surface area contributed by atoms with Crippen LogP contribution in [0.2, 0.25) is 0 Å². The van der Waals surface area contributed by atoms with E-state index in [2.05, 4.69) is 28.9 Å². The van der Waals surface area contributed by atoms with E-state index < -0.39 is 0 Å². The van der Waals surface area contributed by atoms with Gasteiger partial charge in [-0.15, -0.1) is 11.6 Å². The minimum Gasteiger partial charge on any atom is -0.240 e. The summed E-state index contributed by atoms with van der Waals surface area (Å²) in [4.78, 5) is 8.76. The van der Waals surface area contributed by atoms with Crippen LogP contribution in [-0.4, -0.2) is 25.1 Å². The Morgan fingerprint density at radius 1 is 1.14 bits per heavy atom. The van der Waals surface area contributed by atoms with Gasteiger partial charge >= 0.3 is 0 Å². The van der Waals surface area contributed by atoms with Crippen molar-refractivity contribution < 1.29 is 0 Å². The zero-order valence-corrected chi connectivity index (χ0v) is 12.8. The van der Waals surface area contributed by atoms with E-state index in [1.165, 1.54) is 0 Å². The van der Waals surface area contributed by atoms with Crippen LogP contribution in [0.3, 0.4) is 0 Å². The molecule has 0 amide bonds. The number of aromatic nitrogens is 4. The monoisotopic (exact) mass is 300 g/mol. The minimum atomic E-state index is 0.0585. The summed E-state index contributed by atoms with van der Waals surface area (Å²) in [5.74, 6) is 0.404. The normalized spacial score (nSPS) is 13.0. The number of alkyl halides is 1. The summed E-state index contributed by atoms with van der Waals surface area (Å²) >= 11 is 6.39. The van der Waals surface area contributed by atoms with E-state index in [4.69, 9.17) is 11.6 Å². The lowest BCUT2D eigenvalue weighted by molar-refractivity contribution is 0.592. The van der Waals surface area contributed by atoms with Gasteiger partial charge in [-0.05, 0) is 18.1 Å². The standard InChI is InChI=1S/C16H17ClN4/c1-11(2)14(17)8-15-13-9-20-21(16(13)19-10-18-15)12-6-4-3-5-7-12/h3-7,9-11,14H,8H2,1-2H3. The minimum absolute atomic E-state index is 0.0585. The molecule has 0 radical (unpaired) electrons. The van der Waals surface area contributed by atoms with Crippen molar-refractivity contribution in [2.24, 2.45) is 5.92 Å². The zero-order valence-electron chi connectivity index (χ0n) is 12.1. The van der Waals surface area contributed by atoms with Gasteiger partial charge in [-0.3, -0.25) is 0 Å². The molecule has 1 atom stereocenters. The number of para-hydroxylation sites is 1. The van der Waals surface area contributed by atoms with Crippen LogP contribution in [0.1, 0.15) is 19.5 Å². The van der Waals surface area contributed by atoms with Crippen molar-refractivity contribution in [3.05, 3.63) is 48.5 Å². The summed E-state index contributed by atoms with van der Waals surface area (Å²) in [6.45, 7) is 4.23. The van der Waals surface area contributed by atoms with Crippen LogP contribution < -0.4 is 0 Å². The smallest absolute Gasteiger partial charge is 0.166 e. The molecule has 4 nitrogen and oxygen atoms in total. The summed E-state index contributed by atoms with van der Waals surface area (Å²) < 4.78 is 1.83. The molecule has 0 aliphatic rings. The van der Waals surface area contributed by atoms with Crippen LogP contribution in [0.15, 0.2) is 42.9 Å². The zero-order chi connectivity index (χ0) is 14.8. The second kappa shape index (κ2) is 5.82. The van der Waals surface area contributed by atoms with Crippen molar-refractivity contribution in [3.63, 3.8) is 0 Å². The first-order chi connectivity index (χ1) is 10.2. The maximum absolute atomic E-state index is 6.39. The first-order valence-electron chi connectivity index (χ1n) is 7.04. The molecule has 2 heterocycles. The number of fused-ring (bicyclic) bond motifs is 1. The van der Waals surface area contributed by atoms with E-state index in [-0.39, 0.29) is 5.38 Å². The third-order valence-corrected chi connectivity index (χ3v) is 4.22. The highest BCUT2D eigenvalue weighted by Crippen LogP contribution is 2.22. The first-order valence-corrected chi connectivity index (χ1v) is 7.47. The summed E-state index contributed by atoms with van der Waals surface area (Å²) in [5.41, 5.74) is 2.76. The summed E-state index contributed by atoms with van der Waals surface area (Å²) in [5, 5.41) is 5.47. The molecule has 21 heavy (non-hydrogen) atoms. The van der Waals surface area contributed by atoms with Crippen molar-refractivity contribution in [1.82, 2.24) is 19.7 Å². The van der Waals surface area contributed by atoms with Crippen molar-refractivity contribution >= 4 is 22.6 Å². The van der Waals surface area contributed by atoms with Crippen molar-refractivity contribution in [2.45, 2.75) is 25.6 Å². The molecule has 0 saturated carbocycles. The van der Waals surface area contributed by atoms with Crippen molar-refractivity contribution in [1.29, 1.82) is 0 Å². The summed E-state index contributed by atoms with van der Waals surface area (Å²) in [6.07, 6.45) is 4.13. The number of halogens is 1. The third-order valence-electron chi connectivity index (χ3n) is 3.56. The van der Waals surface area contributed by atoms with E-state index in [0.29, 0.717) is 5.92 Å². The molecule has 0 fully saturated rings. The predicted octanol–water partition coefficient (Wildman–Crippen LogP) is 3.62. The lowest BCUT2D eigenvalue weighted by atomic mass is 10.0. The Morgan fingerprint density at radius 2 is 1.90 bits per heavy atom. The largest absolute Gasteiger partial charge is 0.240 e. The molecule has 0 bridgehead atoms. The molecular formula is C16H17ClN4. The van der Waals surface area contributed by atoms with Gasteiger partial charge in [-0.25, -0.2) is 14.6 Å². The van der Waals surface area contributed by atoms with Gasteiger partial charge in [0.25, 0.3) is 0 Å². The van der Waals surface area contributed by atoms with Gasteiger partial charge in [0, 0.05) is 11.8 Å². The molecule has 0 aliphatic heterocycles. The summed E-state index contributed by atoms with van der Waals surface area (Å²) in [6, 6.07) is 9.97. The molecule has 0 aliphatic carbocycles. The second-order valence-corrected chi connectivity index (χ2v) is 5.97. The van der Waals surface area contributed by atoms with Crippen LogP contribution in [0, 0.1) is 5.92 Å². The molecule has 1 aromatic carbocycles. The fraction of sp³-hybridized carbons (Fsp3) is 0.312. The molecule has 0 spiro atoms. The third kappa shape index (κ3) is 2.76. The Balaban J connectivity index is 2.04. The first kappa shape index (κ1) is 14.0. The molecule has 1 unspecified atom stereocenters. The number of rotatable bonds is 4. The van der Waals surface area contributed by atoms with E-state index in [9.17, 15) is 0 Å².